The molecule has 0 saturated heterocycles. The van der Waals surface area contributed by atoms with E-state index < -0.39 is 0 Å². The molecule has 4 N–H and O–H groups in total. The average Bonchev–Trinajstić information content (AvgIpc) is 2.37. The summed E-state index contributed by atoms with van der Waals surface area (Å²) in [6.45, 7) is 7.31. The molecule has 1 aromatic rings. The number of nitrogens with two attached hydrogens (primary N) is 1. The van der Waals surface area contributed by atoms with Crippen molar-refractivity contribution in [2.24, 2.45) is 11.7 Å². The molecule has 1 rings (SSSR count). The lowest BCUT2D eigenvalue weighted by molar-refractivity contribution is 0.263. The van der Waals surface area contributed by atoms with Crippen molar-refractivity contribution in [3.8, 4) is 0 Å². The summed E-state index contributed by atoms with van der Waals surface area (Å²) < 4.78 is 0. The Morgan fingerprint density at radius 1 is 1.16 bits per heavy atom. The third-order valence-corrected chi connectivity index (χ3v) is 3.31. The second kappa shape index (κ2) is 8.31. The molecule has 1 aromatic carbocycles. The van der Waals surface area contributed by atoms with E-state index in [1.807, 2.05) is 0 Å². The van der Waals surface area contributed by atoms with Crippen LogP contribution in [0.5, 0.6) is 0 Å². The van der Waals surface area contributed by atoms with Crippen LogP contribution >= 0.6 is 0 Å². The topological polar surface area (TPSA) is 58.3 Å². The second-order valence-corrected chi connectivity index (χ2v) is 5.71. The van der Waals surface area contributed by atoms with Crippen molar-refractivity contribution in [1.82, 2.24) is 5.32 Å². The monoisotopic (exact) mass is 264 g/mol. The van der Waals surface area contributed by atoms with Gasteiger partial charge in [-0.15, -0.1) is 0 Å². The van der Waals surface area contributed by atoms with Crippen LogP contribution < -0.4 is 11.1 Å². The van der Waals surface area contributed by atoms with Gasteiger partial charge in [-0.2, -0.15) is 0 Å². The van der Waals surface area contributed by atoms with Gasteiger partial charge < -0.3 is 16.2 Å². The fourth-order valence-electron chi connectivity index (χ4n) is 2.28. The quantitative estimate of drug-likeness (QED) is 0.675. The lowest BCUT2D eigenvalue weighted by Crippen LogP contribution is -2.35. The van der Waals surface area contributed by atoms with Crippen molar-refractivity contribution >= 4 is 0 Å². The standard InChI is InChI=1S/C16H28N2O/c1-12(2)10-14-4-6-15(7-5-14)16(11-17)18-13(3)8-9-19/h4-7,12-13,16,18-19H,8-11,17H2,1-3H3. The Hall–Kier alpha value is -0.900. The van der Waals surface area contributed by atoms with Crippen molar-refractivity contribution in [3.63, 3.8) is 0 Å². The summed E-state index contributed by atoms with van der Waals surface area (Å²) in [5.74, 6) is 0.679. The minimum atomic E-state index is 0.162. The van der Waals surface area contributed by atoms with Gasteiger partial charge in [0.25, 0.3) is 0 Å². The highest BCUT2D eigenvalue weighted by molar-refractivity contribution is 5.25. The van der Waals surface area contributed by atoms with Gasteiger partial charge in [0.1, 0.15) is 0 Å². The molecule has 0 radical (unpaired) electrons. The van der Waals surface area contributed by atoms with Crippen molar-refractivity contribution in [1.29, 1.82) is 0 Å². The van der Waals surface area contributed by atoms with Crippen LogP contribution in [0, 0.1) is 5.92 Å². The SMILES string of the molecule is CC(C)Cc1ccc(C(CN)NC(C)CCO)cc1. The molecule has 2 unspecified atom stereocenters. The number of hydrogen-bond acceptors (Lipinski definition) is 3. The Balaban J connectivity index is 2.65. The second-order valence-electron chi connectivity index (χ2n) is 5.71. The summed E-state index contributed by atoms with van der Waals surface area (Å²) in [4.78, 5) is 0. The Morgan fingerprint density at radius 2 is 1.79 bits per heavy atom. The van der Waals surface area contributed by atoms with E-state index in [0.717, 1.165) is 12.8 Å². The molecular weight excluding hydrogens is 236 g/mol. The Morgan fingerprint density at radius 3 is 2.26 bits per heavy atom. The van der Waals surface area contributed by atoms with E-state index in [4.69, 9.17) is 10.8 Å². The Kier molecular flexibility index (Phi) is 7.06. The summed E-state index contributed by atoms with van der Waals surface area (Å²) in [7, 11) is 0. The van der Waals surface area contributed by atoms with Crippen LogP contribution in [0.15, 0.2) is 24.3 Å². The maximum atomic E-state index is 8.94. The number of rotatable bonds is 8. The molecule has 0 fully saturated rings. The van der Waals surface area contributed by atoms with Crippen LogP contribution in [0.1, 0.15) is 44.4 Å². The highest BCUT2D eigenvalue weighted by Crippen LogP contribution is 2.16. The summed E-state index contributed by atoms with van der Waals surface area (Å²) in [5.41, 5.74) is 8.44. The maximum Gasteiger partial charge on any atom is 0.0446 e. The predicted octanol–water partition coefficient (Wildman–Crippen LogP) is 2.25. The molecule has 0 aliphatic carbocycles. The molecule has 0 bridgehead atoms. The molecule has 0 saturated carbocycles. The van der Waals surface area contributed by atoms with Crippen molar-refractivity contribution in [2.75, 3.05) is 13.2 Å². The van der Waals surface area contributed by atoms with Gasteiger partial charge in [0.15, 0.2) is 0 Å². The molecule has 19 heavy (non-hydrogen) atoms. The van der Waals surface area contributed by atoms with Crippen LogP contribution in [0.3, 0.4) is 0 Å². The molecular formula is C16H28N2O. The summed E-state index contributed by atoms with van der Waals surface area (Å²) in [6, 6.07) is 9.14. The molecule has 0 spiro atoms. The third kappa shape index (κ3) is 5.72. The average molecular weight is 264 g/mol. The van der Waals surface area contributed by atoms with Crippen LogP contribution in [-0.2, 0) is 6.42 Å². The van der Waals surface area contributed by atoms with Crippen LogP contribution in [0.4, 0.5) is 0 Å². The molecule has 0 aliphatic rings. The smallest absolute Gasteiger partial charge is 0.0446 e. The van der Waals surface area contributed by atoms with Crippen molar-refractivity contribution in [3.05, 3.63) is 35.4 Å². The highest BCUT2D eigenvalue weighted by atomic mass is 16.3. The molecule has 108 valence electrons. The molecule has 3 heteroatoms. The number of hydrogen-bond donors (Lipinski definition) is 3. The number of nitrogens with one attached hydrogen (secondary N) is 1. The molecule has 0 amide bonds. The first-order valence-electron chi connectivity index (χ1n) is 7.22. The zero-order valence-corrected chi connectivity index (χ0v) is 12.4. The first-order valence-corrected chi connectivity index (χ1v) is 7.22. The molecule has 2 atom stereocenters. The summed E-state index contributed by atoms with van der Waals surface area (Å²) >= 11 is 0. The zero-order chi connectivity index (χ0) is 14.3. The first-order chi connectivity index (χ1) is 9.06. The highest BCUT2D eigenvalue weighted by Gasteiger charge is 2.12. The Bertz CT molecular complexity index is 348. The van der Waals surface area contributed by atoms with E-state index in [0.29, 0.717) is 12.5 Å². The summed E-state index contributed by atoms with van der Waals surface area (Å²) in [5, 5.41) is 12.4. The van der Waals surface area contributed by atoms with E-state index in [-0.39, 0.29) is 18.7 Å². The van der Waals surface area contributed by atoms with E-state index in [1.165, 1.54) is 11.1 Å². The van der Waals surface area contributed by atoms with Gasteiger partial charge in [-0.05, 0) is 36.8 Å². The largest absolute Gasteiger partial charge is 0.396 e. The summed E-state index contributed by atoms with van der Waals surface area (Å²) in [6.07, 6.45) is 1.86. The Labute approximate surface area is 117 Å². The predicted molar refractivity (Wildman–Crippen MR) is 81.1 cm³/mol. The fraction of sp³-hybridized carbons (Fsp3) is 0.625. The molecule has 0 aliphatic heterocycles. The minimum Gasteiger partial charge on any atom is -0.396 e. The molecule has 0 aromatic heterocycles. The van der Waals surface area contributed by atoms with E-state index in [2.05, 4.69) is 50.4 Å². The lowest BCUT2D eigenvalue weighted by Gasteiger charge is -2.22. The van der Waals surface area contributed by atoms with Crippen LogP contribution in [-0.4, -0.2) is 24.3 Å². The fourth-order valence-corrected chi connectivity index (χ4v) is 2.28. The first kappa shape index (κ1) is 16.2. The van der Waals surface area contributed by atoms with E-state index in [9.17, 15) is 0 Å². The van der Waals surface area contributed by atoms with Gasteiger partial charge in [-0.1, -0.05) is 38.1 Å². The number of benzene rings is 1. The van der Waals surface area contributed by atoms with Gasteiger partial charge in [-0.3, -0.25) is 0 Å². The number of aliphatic hydroxyl groups is 1. The molecule has 0 heterocycles. The van der Waals surface area contributed by atoms with Gasteiger partial charge in [0.05, 0.1) is 0 Å². The van der Waals surface area contributed by atoms with Crippen LogP contribution in [0.25, 0.3) is 0 Å². The maximum absolute atomic E-state index is 8.94. The van der Waals surface area contributed by atoms with Gasteiger partial charge in [-0.25, -0.2) is 0 Å². The molecule has 3 nitrogen and oxygen atoms in total. The lowest BCUT2D eigenvalue weighted by atomic mass is 9.99. The van der Waals surface area contributed by atoms with E-state index in [1.54, 1.807) is 0 Å². The normalized spacial score (nSPS) is 14.6. The zero-order valence-electron chi connectivity index (χ0n) is 12.4. The number of aliphatic hydroxyl groups excluding tert-OH is 1. The third-order valence-electron chi connectivity index (χ3n) is 3.31. The van der Waals surface area contributed by atoms with E-state index >= 15 is 0 Å². The van der Waals surface area contributed by atoms with Crippen LogP contribution in [0.2, 0.25) is 0 Å². The van der Waals surface area contributed by atoms with Gasteiger partial charge in [0.2, 0.25) is 0 Å². The van der Waals surface area contributed by atoms with Crippen molar-refractivity contribution < 1.29 is 5.11 Å². The van der Waals surface area contributed by atoms with Gasteiger partial charge in [0, 0.05) is 25.2 Å². The minimum absolute atomic E-state index is 0.162. The van der Waals surface area contributed by atoms with Gasteiger partial charge >= 0.3 is 0 Å². The van der Waals surface area contributed by atoms with Crippen molar-refractivity contribution in [2.45, 2.75) is 45.7 Å².